The first-order valence-electron chi connectivity index (χ1n) is 9.27. The lowest BCUT2D eigenvalue weighted by Crippen LogP contribution is -2.16. The Morgan fingerprint density at radius 3 is 2.79 bits per heavy atom. The molecule has 29 heavy (non-hydrogen) atoms. The molecule has 4 aromatic rings. The molecule has 146 valence electrons. The SMILES string of the molecule is Cc1ccccc1COc1cccc(NCc2cc(=O)n3cc(Cl)ccc3n2)c1. The Labute approximate surface area is 173 Å². The third-order valence-corrected chi connectivity index (χ3v) is 4.86. The molecule has 0 aliphatic heterocycles. The van der Waals surface area contributed by atoms with Crippen LogP contribution in [-0.4, -0.2) is 9.38 Å². The van der Waals surface area contributed by atoms with Gasteiger partial charge in [0.05, 0.1) is 17.3 Å². The molecule has 2 aromatic carbocycles. The van der Waals surface area contributed by atoms with Crippen LogP contribution in [0, 0.1) is 6.92 Å². The molecule has 0 aliphatic rings. The van der Waals surface area contributed by atoms with E-state index in [-0.39, 0.29) is 5.56 Å². The fraction of sp³-hybridized carbons (Fsp3) is 0.130. The standard InChI is InChI=1S/C23H20ClN3O2/c1-16-5-2-3-6-17(16)15-29-21-8-4-7-19(11-21)25-13-20-12-23(28)27-14-18(24)9-10-22(27)26-20/h2-12,14,25H,13,15H2,1H3. The van der Waals surface area contributed by atoms with Gasteiger partial charge in [-0.15, -0.1) is 0 Å². The van der Waals surface area contributed by atoms with Crippen molar-refractivity contribution in [1.82, 2.24) is 9.38 Å². The fourth-order valence-electron chi connectivity index (χ4n) is 3.04. The van der Waals surface area contributed by atoms with Crippen LogP contribution in [0.3, 0.4) is 0 Å². The molecule has 0 saturated carbocycles. The number of hydrogen-bond donors (Lipinski definition) is 1. The van der Waals surface area contributed by atoms with Crippen molar-refractivity contribution in [3.63, 3.8) is 0 Å². The summed E-state index contributed by atoms with van der Waals surface area (Å²) < 4.78 is 7.37. The normalized spacial score (nSPS) is 10.8. The van der Waals surface area contributed by atoms with Crippen molar-refractivity contribution in [3.05, 3.63) is 105 Å². The second kappa shape index (κ2) is 8.37. The zero-order valence-electron chi connectivity index (χ0n) is 15.9. The van der Waals surface area contributed by atoms with E-state index < -0.39 is 0 Å². The maximum absolute atomic E-state index is 12.3. The highest BCUT2D eigenvalue weighted by atomic mass is 35.5. The van der Waals surface area contributed by atoms with Gasteiger partial charge in [-0.3, -0.25) is 9.20 Å². The molecule has 0 atom stereocenters. The molecule has 0 amide bonds. The first kappa shape index (κ1) is 19.0. The number of pyridine rings is 1. The van der Waals surface area contributed by atoms with Gasteiger partial charge in [0.1, 0.15) is 18.0 Å². The van der Waals surface area contributed by atoms with Crippen molar-refractivity contribution in [2.24, 2.45) is 0 Å². The van der Waals surface area contributed by atoms with Crippen molar-refractivity contribution >= 4 is 22.9 Å². The summed E-state index contributed by atoms with van der Waals surface area (Å²) in [6.07, 6.45) is 1.57. The maximum Gasteiger partial charge on any atom is 0.258 e. The van der Waals surface area contributed by atoms with Crippen LogP contribution in [0.4, 0.5) is 5.69 Å². The van der Waals surface area contributed by atoms with E-state index in [1.54, 1.807) is 18.3 Å². The Balaban J connectivity index is 1.44. The van der Waals surface area contributed by atoms with Crippen LogP contribution in [0.25, 0.3) is 5.65 Å². The van der Waals surface area contributed by atoms with E-state index in [1.165, 1.54) is 16.0 Å². The van der Waals surface area contributed by atoms with Crippen LogP contribution in [0.5, 0.6) is 5.75 Å². The summed E-state index contributed by atoms with van der Waals surface area (Å²) in [6.45, 7) is 3.01. The predicted molar refractivity (Wildman–Crippen MR) is 116 cm³/mol. The van der Waals surface area contributed by atoms with Gasteiger partial charge in [0.2, 0.25) is 0 Å². The van der Waals surface area contributed by atoms with Crippen molar-refractivity contribution in [2.45, 2.75) is 20.1 Å². The Morgan fingerprint density at radius 2 is 1.93 bits per heavy atom. The molecule has 6 heteroatoms. The lowest BCUT2D eigenvalue weighted by atomic mass is 10.1. The second-order valence-electron chi connectivity index (χ2n) is 6.76. The lowest BCUT2D eigenvalue weighted by Gasteiger charge is -2.11. The molecule has 0 saturated heterocycles. The zero-order chi connectivity index (χ0) is 20.2. The number of fused-ring (bicyclic) bond motifs is 1. The molecule has 0 unspecified atom stereocenters. The van der Waals surface area contributed by atoms with Crippen LogP contribution < -0.4 is 15.6 Å². The van der Waals surface area contributed by atoms with Crippen LogP contribution in [0.1, 0.15) is 16.8 Å². The molecule has 0 radical (unpaired) electrons. The first-order chi connectivity index (χ1) is 14.1. The van der Waals surface area contributed by atoms with E-state index in [4.69, 9.17) is 16.3 Å². The molecule has 0 fully saturated rings. The number of ether oxygens (including phenoxy) is 1. The summed E-state index contributed by atoms with van der Waals surface area (Å²) in [5.74, 6) is 0.777. The van der Waals surface area contributed by atoms with Gasteiger partial charge in [-0.2, -0.15) is 0 Å². The molecular formula is C23H20ClN3O2. The maximum atomic E-state index is 12.3. The van der Waals surface area contributed by atoms with Gasteiger partial charge in [0, 0.05) is 24.0 Å². The quantitative estimate of drug-likeness (QED) is 0.498. The number of aromatic nitrogens is 2. The summed E-state index contributed by atoms with van der Waals surface area (Å²) in [5.41, 5.74) is 4.32. The zero-order valence-corrected chi connectivity index (χ0v) is 16.7. The smallest absolute Gasteiger partial charge is 0.258 e. The Morgan fingerprint density at radius 1 is 1.07 bits per heavy atom. The summed E-state index contributed by atoms with van der Waals surface area (Å²) in [5, 5.41) is 3.79. The first-order valence-corrected chi connectivity index (χ1v) is 9.65. The highest BCUT2D eigenvalue weighted by molar-refractivity contribution is 6.30. The van der Waals surface area contributed by atoms with E-state index in [9.17, 15) is 4.79 Å². The van der Waals surface area contributed by atoms with Crippen molar-refractivity contribution in [1.29, 1.82) is 0 Å². The third-order valence-electron chi connectivity index (χ3n) is 4.64. The number of rotatable bonds is 6. The minimum Gasteiger partial charge on any atom is -0.489 e. The Kier molecular flexibility index (Phi) is 5.49. The van der Waals surface area contributed by atoms with Gasteiger partial charge in [0.15, 0.2) is 0 Å². The third kappa shape index (κ3) is 4.58. The minimum absolute atomic E-state index is 0.162. The van der Waals surface area contributed by atoms with Crippen molar-refractivity contribution < 1.29 is 4.74 Å². The van der Waals surface area contributed by atoms with Gasteiger partial charge in [-0.1, -0.05) is 41.9 Å². The Bertz CT molecular complexity index is 1220. The van der Waals surface area contributed by atoms with E-state index in [0.717, 1.165) is 17.0 Å². The largest absolute Gasteiger partial charge is 0.489 e. The molecule has 0 bridgehead atoms. The number of benzene rings is 2. The fourth-order valence-corrected chi connectivity index (χ4v) is 3.20. The minimum atomic E-state index is -0.162. The molecule has 4 rings (SSSR count). The molecular weight excluding hydrogens is 386 g/mol. The number of aryl methyl sites for hydroxylation is 1. The van der Waals surface area contributed by atoms with E-state index in [1.807, 2.05) is 36.4 Å². The number of halogens is 1. The summed E-state index contributed by atoms with van der Waals surface area (Å²) in [7, 11) is 0. The highest BCUT2D eigenvalue weighted by Crippen LogP contribution is 2.20. The summed E-state index contributed by atoms with van der Waals surface area (Å²) >= 11 is 5.95. The van der Waals surface area contributed by atoms with Gasteiger partial charge in [0.25, 0.3) is 5.56 Å². The highest BCUT2D eigenvalue weighted by Gasteiger charge is 2.04. The number of hydrogen-bond acceptors (Lipinski definition) is 4. The number of nitrogens with zero attached hydrogens (tertiary/aromatic N) is 2. The van der Waals surface area contributed by atoms with Crippen LogP contribution >= 0.6 is 11.6 Å². The van der Waals surface area contributed by atoms with E-state index in [0.29, 0.717) is 29.5 Å². The molecule has 2 aromatic heterocycles. The lowest BCUT2D eigenvalue weighted by molar-refractivity contribution is 0.305. The summed E-state index contributed by atoms with van der Waals surface area (Å²) in [4.78, 5) is 16.8. The number of nitrogens with one attached hydrogen (secondary N) is 1. The number of anilines is 1. The predicted octanol–water partition coefficient (Wildman–Crippen LogP) is 4.85. The van der Waals surface area contributed by atoms with Crippen LogP contribution in [0.15, 0.2) is 77.7 Å². The topological polar surface area (TPSA) is 55.6 Å². The molecule has 0 aliphatic carbocycles. The van der Waals surface area contributed by atoms with Gasteiger partial charge in [-0.25, -0.2) is 4.98 Å². The molecule has 1 N–H and O–H groups in total. The molecule has 2 heterocycles. The van der Waals surface area contributed by atoms with E-state index in [2.05, 4.69) is 29.4 Å². The van der Waals surface area contributed by atoms with Crippen molar-refractivity contribution in [2.75, 3.05) is 5.32 Å². The van der Waals surface area contributed by atoms with Gasteiger partial charge >= 0.3 is 0 Å². The monoisotopic (exact) mass is 405 g/mol. The average molecular weight is 406 g/mol. The average Bonchev–Trinajstić information content (AvgIpc) is 2.72. The van der Waals surface area contributed by atoms with Crippen molar-refractivity contribution in [3.8, 4) is 5.75 Å². The van der Waals surface area contributed by atoms with Gasteiger partial charge in [-0.05, 0) is 42.3 Å². The molecule has 5 nitrogen and oxygen atoms in total. The van der Waals surface area contributed by atoms with Crippen LogP contribution in [0.2, 0.25) is 5.02 Å². The van der Waals surface area contributed by atoms with Crippen LogP contribution in [-0.2, 0) is 13.2 Å². The van der Waals surface area contributed by atoms with E-state index >= 15 is 0 Å². The summed E-state index contributed by atoms with van der Waals surface area (Å²) in [6, 6.07) is 20.9. The van der Waals surface area contributed by atoms with Gasteiger partial charge < -0.3 is 10.1 Å². The molecule has 0 spiro atoms. The Hall–Kier alpha value is -3.31. The second-order valence-corrected chi connectivity index (χ2v) is 7.19.